The van der Waals surface area contributed by atoms with Crippen LogP contribution in [0.2, 0.25) is 0 Å². The van der Waals surface area contributed by atoms with E-state index in [0.29, 0.717) is 25.9 Å². The van der Waals surface area contributed by atoms with E-state index in [-0.39, 0.29) is 23.9 Å². The quantitative estimate of drug-likeness (QED) is 0.745. The van der Waals surface area contributed by atoms with Crippen LogP contribution in [-0.4, -0.2) is 53.1 Å². The number of benzene rings is 1. The van der Waals surface area contributed by atoms with Gasteiger partial charge in [0.15, 0.2) is 0 Å². The minimum absolute atomic E-state index is 0.0384. The second-order valence-electron chi connectivity index (χ2n) is 6.96. The van der Waals surface area contributed by atoms with Crippen LogP contribution in [0.3, 0.4) is 0 Å². The van der Waals surface area contributed by atoms with Gasteiger partial charge in [0.25, 0.3) is 0 Å². The normalized spacial score (nSPS) is 23.0. The lowest BCUT2D eigenvalue weighted by Gasteiger charge is -2.29. The van der Waals surface area contributed by atoms with Crippen LogP contribution in [-0.2, 0) is 20.8 Å². The fraction of sp³-hybridized carbons (Fsp3) is 0.550. The first-order valence-electron chi connectivity index (χ1n) is 9.30. The van der Waals surface area contributed by atoms with Crippen molar-refractivity contribution in [3.8, 4) is 0 Å². The number of carbonyl (C=O) groups is 3. The summed E-state index contributed by atoms with van der Waals surface area (Å²) in [6.07, 6.45) is 6.19. The molecule has 0 radical (unpaired) electrons. The van der Waals surface area contributed by atoms with Crippen LogP contribution in [0.15, 0.2) is 30.3 Å². The van der Waals surface area contributed by atoms with E-state index in [1.165, 1.54) is 5.56 Å². The standard InChI is InChI=1S/C20H26N2O3/c23-15-17-10-5-13-21(17)20(25)18-11-6-14-22(18)19(24)12-4-9-16-7-2-1-3-8-16/h1-3,7-8,15,17-18H,4-6,9-14H2/t17-,18-/m0/s1. The minimum Gasteiger partial charge on any atom is -0.331 e. The lowest BCUT2D eigenvalue weighted by Crippen LogP contribution is -2.49. The molecule has 0 saturated carbocycles. The maximum atomic E-state index is 12.8. The molecule has 2 heterocycles. The summed E-state index contributed by atoms with van der Waals surface area (Å²) in [6, 6.07) is 9.46. The van der Waals surface area contributed by atoms with Crippen molar-refractivity contribution in [3.63, 3.8) is 0 Å². The molecule has 0 N–H and O–H groups in total. The summed E-state index contributed by atoms with van der Waals surface area (Å²) in [5, 5.41) is 0. The zero-order chi connectivity index (χ0) is 17.6. The van der Waals surface area contributed by atoms with E-state index in [1.807, 2.05) is 18.2 Å². The third-order valence-electron chi connectivity index (χ3n) is 5.30. The second kappa shape index (κ2) is 8.28. The Morgan fingerprint density at radius 2 is 1.76 bits per heavy atom. The molecule has 0 aliphatic carbocycles. The summed E-state index contributed by atoms with van der Waals surface area (Å²) in [5.74, 6) is 0.0251. The summed E-state index contributed by atoms with van der Waals surface area (Å²) >= 11 is 0. The molecule has 1 aromatic rings. The fourth-order valence-corrected chi connectivity index (χ4v) is 3.95. The number of likely N-dealkylation sites (tertiary alicyclic amines) is 2. The summed E-state index contributed by atoms with van der Waals surface area (Å²) < 4.78 is 0. The molecule has 2 atom stereocenters. The van der Waals surface area contributed by atoms with E-state index in [9.17, 15) is 14.4 Å². The largest absolute Gasteiger partial charge is 0.331 e. The van der Waals surface area contributed by atoms with Crippen LogP contribution in [0.25, 0.3) is 0 Å². The Kier molecular flexibility index (Phi) is 5.84. The Morgan fingerprint density at radius 3 is 2.52 bits per heavy atom. The maximum absolute atomic E-state index is 12.8. The monoisotopic (exact) mass is 342 g/mol. The zero-order valence-corrected chi connectivity index (χ0v) is 14.6. The number of nitrogens with zero attached hydrogens (tertiary/aromatic N) is 2. The van der Waals surface area contributed by atoms with Crippen molar-refractivity contribution in [3.05, 3.63) is 35.9 Å². The molecular formula is C20H26N2O3. The van der Waals surface area contributed by atoms with Gasteiger partial charge >= 0.3 is 0 Å². The Balaban J connectivity index is 1.54. The molecule has 25 heavy (non-hydrogen) atoms. The van der Waals surface area contributed by atoms with Gasteiger partial charge in [-0.15, -0.1) is 0 Å². The van der Waals surface area contributed by atoms with Crippen molar-refractivity contribution in [2.75, 3.05) is 13.1 Å². The van der Waals surface area contributed by atoms with Crippen molar-refractivity contribution >= 4 is 18.1 Å². The first-order chi connectivity index (χ1) is 12.2. The SMILES string of the molecule is O=C[C@@H]1CCCN1C(=O)[C@@H]1CCCN1C(=O)CCCc1ccccc1. The van der Waals surface area contributed by atoms with Gasteiger partial charge in [-0.2, -0.15) is 0 Å². The summed E-state index contributed by atoms with van der Waals surface area (Å²) in [6.45, 7) is 1.29. The van der Waals surface area contributed by atoms with Gasteiger partial charge in [0, 0.05) is 19.5 Å². The molecule has 3 rings (SSSR count). The van der Waals surface area contributed by atoms with E-state index in [1.54, 1.807) is 9.80 Å². The number of hydrogen-bond acceptors (Lipinski definition) is 3. The number of carbonyl (C=O) groups excluding carboxylic acids is 3. The minimum atomic E-state index is -0.371. The highest BCUT2D eigenvalue weighted by molar-refractivity contribution is 5.90. The predicted molar refractivity (Wildman–Crippen MR) is 94.9 cm³/mol. The third-order valence-corrected chi connectivity index (χ3v) is 5.30. The first kappa shape index (κ1) is 17.6. The van der Waals surface area contributed by atoms with Gasteiger partial charge in [0.2, 0.25) is 11.8 Å². The smallest absolute Gasteiger partial charge is 0.245 e. The maximum Gasteiger partial charge on any atom is 0.245 e. The summed E-state index contributed by atoms with van der Waals surface area (Å²) in [7, 11) is 0. The van der Waals surface area contributed by atoms with E-state index < -0.39 is 0 Å². The Morgan fingerprint density at radius 1 is 1.04 bits per heavy atom. The van der Waals surface area contributed by atoms with Gasteiger partial charge in [0.05, 0.1) is 6.04 Å². The summed E-state index contributed by atoms with van der Waals surface area (Å²) in [4.78, 5) is 40.0. The molecule has 0 spiro atoms. The van der Waals surface area contributed by atoms with Crippen LogP contribution in [0.4, 0.5) is 0 Å². The average Bonchev–Trinajstić information content (AvgIpc) is 3.31. The predicted octanol–water partition coefficient (Wildman–Crippen LogP) is 2.19. The Bertz CT molecular complexity index is 617. The molecule has 0 aromatic heterocycles. The van der Waals surface area contributed by atoms with E-state index in [4.69, 9.17) is 0 Å². The van der Waals surface area contributed by atoms with E-state index >= 15 is 0 Å². The topological polar surface area (TPSA) is 57.7 Å². The number of aldehydes is 1. The molecule has 0 bridgehead atoms. The van der Waals surface area contributed by atoms with Crippen LogP contribution in [0, 0.1) is 0 Å². The highest BCUT2D eigenvalue weighted by Crippen LogP contribution is 2.25. The van der Waals surface area contributed by atoms with Crippen LogP contribution < -0.4 is 0 Å². The van der Waals surface area contributed by atoms with Gasteiger partial charge in [0.1, 0.15) is 12.3 Å². The molecule has 0 unspecified atom stereocenters. The lowest BCUT2D eigenvalue weighted by molar-refractivity contribution is -0.145. The molecule has 2 saturated heterocycles. The Labute approximate surface area is 149 Å². The molecule has 2 aliphatic rings. The highest BCUT2D eigenvalue weighted by Gasteiger charge is 2.39. The van der Waals surface area contributed by atoms with E-state index in [0.717, 1.165) is 38.4 Å². The summed E-state index contributed by atoms with van der Waals surface area (Å²) in [5.41, 5.74) is 1.23. The Hall–Kier alpha value is -2.17. The molecule has 5 nitrogen and oxygen atoms in total. The first-order valence-corrected chi connectivity index (χ1v) is 9.30. The van der Waals surface area contributed by atoms with Gasteiger partial charge in [-0.05, 0) is 44.1 Å². The van der Waals surface area contributed by atoms with Crippen molar-refractivity contribution in [1.29, 1.82) is 0 Å². The molecule has 2 amide bonds. The molecular weight excluding hydrogens is 316 g/mol. The molecule has 134 valence electrons. The molecule has 2 fully saturated rings. The van der Waals surface area contributed by atoms with Gasteiger partial charge in [-0.25, -0.2) is 0 Å². The van der Waals surface area contributed by atoms with Crippen LogP contribution >= 0.6 is 0 Å². The van der Waals surface area contributed by atoms with Crippen molar-refractivity contribution in [2.24, 2.45) is 0 Å². The number of rotatable bonds is 6. The molecule has 1 aromatic carbocycles. The average molecular weight is 342 g/mol. The third kappa shape index (κ3) is 4.09. The highest BCUT2D eigenvalue weighted by atomic mass is 16.2. The van der Waals surface area contributed by atoms with Crippen molar-refractivity contribution < 1.29 is 14.4 Å². The lowest BCUT2D eigenvalue weighted by atomic mass is 10.1. The number of hydrogen-bond donors (Lipinski definition) is 0. The second-order valence-corrected chi connectivity index (χ2v) is 6.96. The number of aryl methyl sites for hydroxylation is 1. The van der Waals surface area contributed by atoms with E-state index in [2.05, 4.69) is 12.1 Å². The van der Waals surface area contributed by atoms with Crippen LogP contribution in [0.1, 0.15) is 44.1 Å². The number of amides is 2. The zero-order valence-electron chi connectivity index (χ0n) is 14.6. The fourth-order valence-electron chi connectivity index (χ4n) is 3.95. The van der Waals surface area contributed by atoms with Crippen molar-refractivity contribution in [1.82, 2.24) is 9.80 Å². The van der Waals surface area contributed by atoms with Gasteiger partial charge in [-0.1, -0.05) is 30.3 Å². The molecule has 2 aliphatic heterocycles. The van der Waals surface area contributed by atoms with Crippen LogP contribution in [0.5, 0.6) is 0 Å². The van der Waals surface area contributed by atoms with Gasteiger partial charge in [-0.3, -0.25) is 9.59 Å². The van der Waals surface area contributed by atoms with Gasteiger partial charge < -0.3 is 14.6 Å². The molecule has 5 heteroatoms. The van der Waals surface area contributed by atoms with Crippen molar-refractivity contribution in [2.45, 2.75) is 57.0 Å².